The van der Waals surface area contributed by atoms with Gasteiger partial charge in [-0.15, -0.1) is 0 Å². The average molecular weight is 332 g/mol. The van der Waals surface area contributed by atoms with Crippen molar-refractivity contribution in [3.63, 3.8) is 0 Å². The van der Waals surface area contributed by atoms with E-state index < -0.39 is 24.5 Å². The molecule has 0 atom stereocenters. The Labute approximate surface area is 139 Å². The van der Waals surface area contributed by atoms with Crippen LogP contribution in [0, 0.1) is 25.2 Å². The molecule has 24 heavy (non-hydrogen) atoms. The summed E-state index contributed by atoms with van der Waals surface area (Å²) in [5, 5.41) is 10.9. The predicted octanol–water partition coefficient (Wildman–Crippen LogP) is 1.16. The SMILES string of the molecule is CCCn1c(C)cc(/C=C(\C#N)C(=O)OCC(=O)NC(N)=O)c1C. The highest BCUT2D eigenvalue weighted by molar-refractivity contribution is 6.00. The second kappa shape index (κ2) is 8.53. The van der Waals surface area contributed by atoms with Crippen LogP contribution < -0.4 is 11.1 Å². The number of carbonyl (C=O) groups is 3. The number of amides is 3. The fourth-order valence-electron chi connectivity index (χ4n) is 2.22. The van der Waals surface area contributed by atoms with E-state index in [9.17, 15) is 14.4 Å². The molecule has 1 aromatic rings. The Morgan fingerprint density at radius 1 is 1.42 bits per heavy atom. The molecule has 8 nitrogen and oxygen atoms in total. The van der Waals surface area contributed by atoms with Gasteiger partial charge in [0.15, 0.2) is 6.61 Å². The molecule has 0 radical (unpaired) electrons. The number of nitrogens with one attached hydrogen (secondary N) is 1. The molecule has 0 unspecified atom stereocenters. The van der Waals surface area contributed by atoms with Gasteiger partial charge in [0.25, 0.3) is 5.91 Å². The van der Waals surface area contributed by atoms with Gasteiger partial charge < -0.3 is 15.0 Å². The molecule has 0 fully saturated rings. The van der Waals surface area contributed by atoms with Crippen molar-refractivity contribution in [3.05, 3.63) is 28.6 Å². The number of carbonyl (C=O) groups excluding carboxylic acids is 3. The molecule has 0 saturated carbocycles. The smallest absolute Gasteiger partial charge is 0.349 e. The summed E-state index contributed by atoms with van der Waals surface area (Å²) in [6.45, 7) is 6.04. The minimum absolute atomic E-state index is 0.237. The number of hydrogen-bond acceptors (Lipinski definition) is 5. The molecule has 0 aliphatic rings. The number of nitrogens with zero attached hydrogens (tertiary/aromatic N) is 2. The maximum atomic E-state index is 11.9. The monoisotopic (exact) mass is 332 g/mol. The van der Waals surface area contributed by atoms with Gasteiger partial charge in [0.05, 0.1) is 0 Å². The van der Waals surface area contributed by atoms with Crippen molar-refractivity contribution in [1.29, 1.82) is 5.26 Å². The molecule has 128 valence electrons. The Morgan fingerprint density at radius 3 is 2.62 bits per heavy atom. The summed E-state index contributed by atoms with van der Waals surface area (Å²) >= 11 is 0. The van der Waals surface area contributed by atoms with Gasteiger partial charge in [-0.3, -0.25) is 10.1 Å². The first kappa shape index (κ1) is 19.0. The van der Waals surface area contributed by atoms with Crippen molar-refractivity contribution < 1.29 is 19.1 Å². The van der Waals surface area contributed by atoms with Crippen molar-refractivity contribution >= 4 is 24.0 Å². The Bertz CT molecular complexity index is 725. The highest BCUT2D eigenvalue weighted by Gasteiger charge is 2.15. The first-order valence-corrected chi connectivity index (χ1v) is 7.35. The number of aryl methyl sites for hydroxylation is 1. The maximum Gasteiger partial charge on any atom is 0.349 e. The first-order chi connectivity index (χ1) is 11.3. The molecule has 0 spiro atoms. The zero-order valence-corrected chi connectivity index (χ0v) is 13.9. The molecule has 8 heteroatoms. The number of aromatic nitrogens is 1. The molecule has 0 aliphatic carbocycles. The van der Waals surface area contributed by atoms with E-state index in [2.05, 4.69) is 11.5 Å². The third-order valence-corrected chi connectivity index (χ3v) is 3.30. The lowest BCUT2D eigenvalue weighted by Gasteiger charge is -2.07. The number of imide groups is 1. The third kappa shape index (κ3) is 4.98. The van der Waals surface area contributed by atoms with Crippen LogP contribution in [0.15, 0.2) is 11.6 Å². The number of urea groups is 1. The molecule has 1 heterocycles. The van der Waals surface area contributed by atoms with Gasteiger partial charge >= 0.3 is 12.0 Å². The van der Waals surface area contributed by atoms with E-state index in [0.717, 1.165) is 29.9 Å². The van der Waals surface area contributed by atoms with Gasteiger partial charge in [-0.2, -0.15) is 5.26 Å². The van der Waals surface area contributed by atoms with E-state index in [0.29, 0.717) is 0 Å². The highest BCUT2D eigenvalue weighted by atomic mass is 16.5. The van der Waals surface area contributed by atoms with E-state index in [-0.39, 0.29) is 5.57 Å². The summed E-state index contributed by atoms with van der Waals surface area (Å²) in [4.78, 5) is 33.6. The minimum Gasteiger partial charge on any atom is -0.451 e. The van der Waals surface area contributed by atoms with Crippen molar-refractivity contribution in [2.24, 2.45) is 5.73 Å². The van der Waals surface area contributed by atoms with Crippen LogP contribution in [0.3, 0.4) is 0 Å². The second-order valence-electron chi connectivity index (χ2n) is 5.14. The molecular formula is C16H20N4O4. The summed E-state index contributed by atoms with van der Waals surface area (Å²) < 4.78 is 6.79. The number of ether oxygens (including phenoxy) is 1. The number of nitrogens with two attached hydrogens (primary N) is 1. The molecule has 1 rings (SSSR count). The molecule has 0 aromatic carbocycles. The average Bonchev–Trinajstić information content (AvgIpc) is 2.77. The summed E-state index contributed by atoms with van der Waals surface area (Å²) in [6.07, 6.45) is 2.38. The van der Waals surface area contributed by atoms with Crippen molar-refractivity contribution in [2.45, 2.75) is 33.7 Å². The summed E-state index contributed by atoms with van der Waals surface area (Å²) in [5.74, 6) is -1.81. The topological polar surface area (TPSA) is 127 Å². The Balaban J connectivity index is 2.89. The Morgan fingerprint density at radius 2 is 2.08 bits per heavy atom. The predicted molar refractivity (Wildman–Crippen MR) is 86.5 cm³/mol. The lowest BCUT2D eigenvalue weighted by molar-refractivity contribution is -0.144. The van der Waals surface area contributed by atoms with Gasteiger partial charge in [0, 0.05) is 17.9 Å². The lowest BCUT2D eigenvalue weighted by atomic mass is 10.1. The van der Waals surface area contributed by atoms with Crippen LogP contribution in [-0.4, -0.2) is 29.1 Å². The van der Waals surface area contributed by atoms with Gasteiger partial charge in [0.1, 0.15) is 11.6 Å². The van der Waals surface area contributed by atoms with Crippen LogP contribution >= 0.6 is 0 Å². The Hall–Kier alpha value is -3.08. The standard InChI is InChI=1S/C16H20N4O4/c1-4-5-20-10(2)6-12(11(20)3)7-13(8-17)15(22)24-9-14(21)19-16(18)23/h6-7H,4-5,9H2,1-3H3,(H3,18,19,21,23)/b13-7+. The van der Waals surface area contributed by atoms with Gasteiger partial charge in [-0.25, -0.2) is 9.59 Å². The maximum absolute atomic E-state index is 11.9. The van der Waals surface area contributed by atoms with E-state index in [1.165, 1.54) is 6.08 Å². The Kier molecular flexibility index (Phi) is 6.74. The second-order valence-corrected chi connectivity index (χ2v) is 5.14. The van der Waals surface area contributed by atoms with Crippen molar-refractivity contribution in [1.82, 2.24) is 9.88 Å². The van der Waals surface area contributed by atoms with Crippen molar-refractivity contribution in [3.8, 4) is 6.07 Å². The summed E-state index contributed by atoms with van der Waals surface area (Å²) in [5.41, 5.74) is 7.22. The summed E-state index contributed by atoms with van der Waals surface area (Å²) in [7, 11) is 0. The molecular weight excluding hydrogens is 312 g/mol. The third-order valence-electron chi connectivity index (χ3n) is 3.30. The quantitative estimate of drug-likeness (QED) is 0.459. The normalized spacial score (nSPS) is 10.8. The number of nitriles is 1. The highest BCUT2D eigenvalue weighted by Crippen LogP contribution is 2.19. The number of esters is 1. The van der Waals surface area contributed by atoms with E-state index in [1.54, 1.807) is 11.4 Å². The molecule has 1 aromatic heterocycles. The van der Waals surface area contributed by atoms with Crippen LogP contribution in [0.5, 0.6) is 0 Å². The van der Waals surface area contributed by atoms with Crippen LogP contribution in [0.25, 0.3) is 6.08 Å². The zero-order chi connectivity index (χ0) is 18.3. The van der Waals surface area contributed by atoms with E-state index in [4.69, 9.17) is 15.7 Å². The minimum atomic E-state index is -1.05. The molecule has 3 amide bonds. The molecule has 0 aliphatic heterocycles. The van der Waals surface area contributed by atoms with Crippen LogP contribution in [0.4, 0.5) is 4.79 Å². The number of primary amides is 1. The van der Waals surface area contributed by atoms with Crippen molar-refractivity contribution in [2.75, 3.05) is 6.61 Å². The summed E-state index contributed by atoms with van der Waals surface area (Å²) in [6, 6.07) is 2.58. The zero-order valence-electron chi connectivity index (χ0n) is 13.9. The largest absolute Gasteiger partial charge is 0.451 e. The van der Waals surface area contributed by atoms with Gasteiger partial charge in [0.2, 0.25) is 0 Å². The van der Waals surface area contributed by atoms with Crippen LogP contribution in [-0.2, 0) is 20.9 Å². The van der Waals surface area contributed by atoms with Crippen LogP contribution in [0.2, 0.25) is 0 Å². The molecule has 3 N–H and O–H groups in total. The number of hydrogen-bond donors (Lipinski definition) is 2. The van der Waals surface area contributed by atoms with Gasteiger partial charge in [-0.1, -0.05) is 6.92 Å². The first-order valence-electron chi connectivity index (χ1n) is 7.35. The van der Waals surface area contributed by atoms with Gasteiger partial charge in [-0.05, 0) is 38.0 Å². The van der Waals surface area contributed by atoms with Crippen LogP contribution in [0.1, 0.15) is 30.3 Å². The van der Waals surface area contributed by atoms with E-state index >= 15 is 0 Å². The fourth-order valence-corrected chi connectivity index (χ4v) is 2.22. The molecule has 0 saturated heterocycles. The molecule has 0 bridgehead atoms. The fraction of sp³-hybridized carbons (Fsp3) is 0.375. The van der Waals surface area contributed by atoms with E-state index in [1.807, 2.05) is 19.9 Å². The lowest BCUT2D eigenvalue weighted by Crippen LogP contribution is -2.37. The number of rotatable bonds is 6.